The van der Waals surface area contributed by atoms with Crippen molar-refractivity contribution in [2.45, 2.75) is 38.4 Å². The first-order chi connectivity index (χ1) is 8.31. The highest BCUT2D eigenvalue weighted by Crippen LogP contribution is 2.26. The van der Waals surface area contributed by atoms with E-state index in [9.17, 15) is 17.6 Å². The van der Waals surface area contributed by atoms with Crippen LogP contribution >= 0.6 is 0 Å². The van der Waals surface area contributed by atoms with Gasteiger partial charge in [-0.3, -0.25) is 11.3 Å². The van der Waals surface area contributed by atoms with E-state index in [-0.39, 0.29) is 12.8 Å². The van der Waals surface area contributed by atoms with E-state index in [1.807, 2.05) is 0 Å². The largest absolute Gasteiger partial charge is 0.389 e. The maximum atomic E-state index is 13.2. The van der Waals surface area contributed by atoms with Crippen molar-refractivity contribution in [2.24, 2.45) is 5.84 Å². The predicted molar refractivity (Wildman–Crippen MR) is 61.1 cm³/mol. The molecule has 102 valence electrons. The fourth-order valence-electron chi connectivity index (χ4n) is 1.82. The fraction of sp³-hybridized carbons (Fsp3) is 0.500. The van der Waals surface area contributed by atoms with Gasteiger partial charge in [-0.2, -0.15) is 13.2 Å². The van der Waals surface area contributed by atoms with E-state index in [4.69, 9.17) is 5.84 Å². The summed E-state index contributed by atoms with van der Waals surface area (Å²) in [5.74, 6) is 4.89. The molecule has 0 saturated carbocycles. The van der Waals surface area contributed by atoms with E-state index in [2.05, 4.69) is 5.43 Å². The van der Waals surface area contributed by atoms with Crippen LogP contribution < -0.4 is 11.3 Å². The summed E-state index contributed by atoms with van der Waals surface area (Å²) in [4.78, 5) is 0. The van der Waals surface area contributed by atoms with Crippen molar-refractivity contribution in [1.82, 2.24) is 5.43 Å². The van der Waals surface area contributed by atoms with E-state index >= 15 is 0 Å². The molecule has 0 radical (unpaired) electrons. The Kier molecular flexibility index (Phi) is 5.10. The first-order valence-electron chi connectivity index (χ1n) is 5.62. The van der Waals surface area contributed by atoms with Crippen LogP contribution in [0.2, 0.25) is 0 Å². The molecule has 0 aliphatic heterocycles. The van der Waals surface area contributed by atoms with Gasteiger partial charge in [-0.25, -0.2) is 4.39 Å². The Morgan fingerprint density at radius 3 is 2.44 bits per heavy atom. The second-order valence-electron chi connectivity index (χ2n) is 4.29. The van der Waals surface area contributed by atoms with Crippen molar-refractivity contribution < 1.29 is 17.6 Å². The fourth-order valence-corrected chi connectivity index (χ4v) is 1.82. The van der Waals surface area contributed by atoms with Gasteiger partial charge < -0.3 is 0 Å². The molecule has 1 unspecified atom stereocenters. The number of rotatable bonds is 5. The highest BCUT2D eigenvalue weighted by atomic mass is 19.4. The lowest BCUT2D eigenvalue weighted by atomic mass is 9.99. The van der Waals surface area contributed by atoms with Gasteiger partial charge in [-0.15, -0.1) is 0 Å². The standard InChI is InChI=1S/C12H16F4N2/c1-8-5-9(7-10(13)6-8)11(18-17)3-2-4-12(14,15)16/h5-7,11,18H,2-4,17H2,1H3. The first-order valence-corrected chi connectivity index (χ1v) is 5.62. The molecule has 0 fully saturated rings. The van der Waals surface area contributed by atoms with Crippen LogP contribution in [0.4, 0.5) is 17.6 Å². The third-order valence-corrected chi connectivity index (χ3v) is 2.62. The number of benzene rings is 1. The van der Waals surface area contributed by atoms with Gasteiger partial charge in [0.2, 0.25) is 0 Å². The Morgan fingerprint density at radius 2 is 1.94 bits per heavy atom. The van der Waals surface area contributed by atoms with E-state index in [0.29, 0.717) is 11.1 Å². The molecule has 0 spiro atoms. The topological polar surface area (TPSA) is 38.0 Å². The number of hydrazine groups is 1. The normalized spacial score (nSPS) is 13.7. The van der Waals surface area contributed by atoms with Crippen molar-refractivity contribution in [1.29, 1.82) is 0 Å². The van der Waals surface area contributed by atoms with Crippen LogP contribution in [0.5, 0.6) is 0 Å². The van der Waals surface area contributed by atoms with Gasteiger partial charge in [0.05, 0.1) is 0 Å². The number of hydrogen-bond acceptors (Lipinski definition) is 2. The van der Waals surface area contributed by atoms with Crippen molar-refractivity contribution in [2.75, 3.05) is 0 Å². The number of aryl methyl sites for hydroxylation is 1. The third-order valence-electron chi connectivity index (χ3n) is 2.62. The minimum atomic E-state index is -4.17. The van der Waals surface area contributed by atoms with E-state index in [0.717, 1.165) is 0 Å². The highest BCUT2D eigenvalue weighted by Gasteiger charge is 2.26. The van der Waals surface area contributed by atoms with Gasteiger partial charge in [0.1, 0.15) is 5.82 Å². The average Bonchev–Trinajstić information content (AvgIpc) is 2.21. The lowest BCUT2D eigenvalue weighted by molar-refractivity contribution is -0.135. The van der Waals surface area contributed by atoms with Crippen LogP contribution in [0.25, 0.3) is 0 Å². The molecule has 1 rings (SSSR count). The molecule has 0 saturated heterocycles. The zero-order chi connectivity index (χ0) is 13.8. The molecule has 0 amide bonds. The molecule has 6 heteroatoms. The second-order valence-corrected chi connectivity index (χ2v) is 4.29. The van der Waals surface area contributed by atoms with Crippen LogP contribution in [-0.2, 0) is 0 Å². The van der Waals surface area contributed by atoms with Crippen LogP contribution in [0.1, 0.15) is 36.4 Å². The van der Waals surface area contributed by atoms with Gasteiger partial charge in [0.25, 0.3) is 0 Å². The summed E-state index contributed by atoms with van der Waals surface area (Å²) in [6.45, 7) is 1.72. The summed E-state index contributed by atoms with van der Waals surface area (Å²) in [6, 6.07) is 3.88. The lowest BCUT2D eigenvalue weighted by Crippen LogP contribution is -2.28. The quantitative estimate of drug-likeness (QED) is 0.486. The Balaban J connectivity index is 2.65. The van der Waals surface area contributed by atoms with Gasteiger partial charge in [-0.05, 0) is 43.0 Å². The summed E-state index contributed by atoms with van der Waals surface area (Å²) >= 11 is 0. The summed E-state index contributed by atoms with van der Waals surface area (Å²) < 4.78 is 49.3. The number of nitrogens with two attached hydrogens (primary N) is 1. The molecule has 3 N–H and O–H groups in total. The molecule has 0 aliphatic rings. The Bertz CT molecular complexity index is 370. The van der Waals surface area contributed by atoms with Crippen LogP contribution in [-0.4, -0.2) is 6.18 Å². The predicted octanol–water partition coefficient (Wildman–Crippen LogP) is 3.37. The zero-order valence-corrected chi connectivity index (χ0v) is 10.0. The average molecular weight is 264 g/mol. The summed E-state index contributed by atoms with van der Waals surface area (Å²) in [5, 5.41) is 0. The Morgan fingerprint density at radius 1 is 1.28 bits per heavy atom. The van der Waals surface area contributed by atoms with E-state index < -0.39 is 24.5 Å². The number of halogens is 4. The second kappa shape index (κ2) is 6.15. The molecule has 0 bridgehead atoms. The van der Waals surface area contributed by atoms with Gasteiger partial charge in [0.15, 0.2) is 0 Å². The van der Waals surface area contributed by atoms with Crippen molar-refractivity contribution in [3.63, 3.8) is 0 Å². The highest BCUT2D eigenvalue weighted by molar-refractivity contribution is 5.26. The molecule has 0 aromatic heterocycles. The molecule has 1 atom stereocenters. The van der Waals surface area contributed by atoms with Crippen LogP contribution in [0, 0.1) is 12.7 Å². The molecule has 1 aromatic rings. The van der Waals surface area contributed by atoms with Gasteiger partial charge in [-0.1, -0.05) is 6.07 Å². The maximum absolute atomic E-state index is 13.2. The summed E-state index contributed by atoms with van der Waals surface area (Å²) in [6.07, 6.45) is -4.87. The van der Waals surface area contributed by atoms with Crippen molar-refractivity contribution in [3.8, 4) is 0 Å². The molecule has 18 heavy (non-hydrogen) atoms. The van der Waals surface area contributed by atoms with Crippen LogP contribution in [0.3, 0.4) is 0 Å². The number of nitrogens with one attached hydrogen (secondary N) is 1. The van der Waals surface area contributed by atoms with Crippen molar-refractivity contribution >= 4 is 0 Å². The summed E-state index contributed by atoms with van der Waals surface area (Å²) in [5.41, 5.74) is 3.70. The zero-order valence-electron chi connectivity index (χ0n) is 10.0. The minimum absolute atomic E-state index is 0.0477. The van der Waals surface area contributed by atoms with Gasteiger partial charge in [0, 0.05) is 12.5 Å². The maximum Gasteiger partial charge on any atom is 0.389 e. The monoisotopic (exact) mass is 264 g/mol. The van der Waals surface area contributed by atoms with E-state index in [1.54, 1.807) is 13.0 Å². The minimum Gasteiger partial charge on any atom is -0.271 e. The molecular formula is C12H16F4N2. The smallest absolute Gasteiger partial charge is 0.271 e. The lowest BCUT2D eigenvalue weighted by Gasteiger charge is -2.17. The molecule has 2 nitrogen and oxygen atoms in total. The Hall–Kier alpha value is -1.14. The number of hydrogen-bond donors (Lipinski definition) is 2. The molecule has 0 aliphatic carbocycles. The molecule has 0 heterocycles. The van der Waals surface area contributed by atoms with Crippen molar-refractivity contribution in [3.05, 3.63) is 35.1 Å². The van der Waals surface area contributed by atoms with Gasteiger partial charge >= 0.3 is 6.18 Å². The number of alkyl halides is 3. The van der Waals surface area contributed by atoms with Crippen LogP contribution in [0.15, 0.2) is 18.2 Å². The SMILES string of the molecule is Cc1cc(F)cc(C(CCCC(F)(F)F)NN)c1. The summed E-state index contributed by atoms with van der Waals surface area (Å²) in [7, 11) is 0. The Labute approximate surface area is 103 Å². The molecular weight excluding hydrogens is 248 g/mol. The molecule has 1 aromatic carbocycles. The third kappa shape index (κ3) is 5.01. The first kappa shape index (κ1) is 14.9. The van der Waals surface area contributed by atoms with E-state index in [1.165, 1.54) is 12.1 Å².